The molecule has 4 aliphatic carbocycles. The molecule has 0 amide bonds. The van der Waals surface area contributed by atoms with Gasteiger partial charge in [-0.15, -0.1) is 0 Å². The van der Waals surface area contributed by atoms with Crippen molar-refractivity contribution < 1.29 is 9.53 Å². The molecule has 0 radical (unpaired) electrons. The Morgan fingerprint density at radius 3 is 2.53 bits per heavy atom. The van der Waals surface area contributed by atoms with Gasteiger partial charge in [0.15, 0.2) is 5.78 Å². The average molecular weight is 415 g/mol. The van der Waals surface area contributed by atoms with Crippen molar-refractivity contribution in [2.45, 2.75) is 105 Å². The van der Waals surface area contributed by atoms with E-state index in [-0.39, 0.29) is 11.5 Å². The smallest absolute Gasteiger partial charge is 0.155 e. The minimum Gasteiger partial charge on any atom is -0.377 e. The molecule has 4 rings (SSSR count). The van der Waals surface area contributed by atoms with Crippen LogP contribution in [0.5, 0.6) is 0 Å². The summed E-state index contributed by atoms with van der Waals surface area (Å²) in [5, 5.41) is 0. The van der Waals surface area contributed by atoms with E-state index in [1.165, 1.54) is 50.5 Å². The fourth-order valence-electron chi connectivity index (χ4n) is 8.83. The zero-order valence-corrected chi connectivity index (χ0v) is 20.5. The van der Waals surface area contributed by atoms with Crippen LogP contribution in [0.3, 0.4) is 0 Å². The predicted molar refractivity (Wildman–Crippen MR) is 124 cm³/mol. The highest BCUT2D eigenvalue weighted by Gasteiger charge is 2.61. The summed E-state index contributed by atoms with van der Waals surface area (Å²) >= 11 is 0. The van der Waals surface area contributed by atoms with Gasteiger partial charge >= 0.3 is 0 Å². The number of hydrogen-bond donors (Lipinski definition) is 0. The van der Waals surface area contributed by atoms with Crippen molar-refractivity contribution in [3.63, 3.8) is 0 Å². The normalized spacial score (nSPS) is 44.3. The Kier molecular flexibility index (Phi) is 6.30. The van der Waals surface area contributed by atoms with Crippen molar-refractivity contribution in [3.05, 3.63) is 11.6 Å². The second kappa shape index (κ2) is 8.38. The SMILES string of the molecule is COC1CC2C(CCC3(C)C(C(C)CCCC(C)C)CCC23)C2(C)CCC(=O)C=C12. The van der Waals surface area contributed by atoms with Gasteiger partial charge in [-0.2, -0.15) is 0 Å². The maximum Gasteiger partial charge on any atom is 0.155 e. The van der Waals surface area contributed by atoms with Crippen LogP contribution in [0, 0.1) is 46.3 Å². The van der Waals surface area contributed by atoms with Gasteiger partial charge in [0.05, 0.1) is 6.10 Å². The molecule has 30 heavy (non-hydrogen) atoms. The van der Waals surface area contributed by atoms with E-state index in [2.05, 4.69) is 34.6 Å². The lowest BCUT2D eigenvalue weighted by Gasteiger charge is -2.60. The Labute approximate surface area is 185 Å². The van der Waals surface area contributed by atoms with Crippen molar-refractivity contribution in [2.24, 2.45) is 46.3 Å². The van der Waals surface area contributed by atoms with Crippen LogP contribution in [0.2, 0.25) is 0 Å². The fraction of sp³-hybridized carbons (Fsp3) is 0.893. The molecule has 0 aliphatic heterocycles. The van der Waals surface area contributed by atoms with E-state index in [9.17, 15) is 4.79 Å². The first-order chi connectivity index (χ1) is 14.2. The number of hydrogen-bond acceptors (Lipinski definition) is 2. The maximum absolute atomic E-state index is 12.2. The largest absolute Gasteiger partial charge is 0.377 e. The number of ketones is 1. The van der Waals surface area contributed by atoms with Gasteiger partial charge in [0.25, 0.3) is 0 Å². The summed E-state index contributed by atoms with van der Waals surface area (Å²) in [5.41, 5.74) is 2.03. The fourth-order valence-corrected chi connectivity index (χ4v) is 8.83. The zero-order chi connectivity index (χ0) is 21.7. The molecule has 3 saturated carbocycles. The number of fused-ring (bicyclic) bond motifs is 5. The van der Waals surface area contributed by atoms with Crippen molar-refractivity contribution in [1.29, 1.82) is 0 Å². The first-order valence-electron chi connectivity index (χ1n) is 13.0. The summed E-state index contributed by atoms with van der Waals surface area (Å²) in [6.07, 6.45) is 14.8. The van der Waals surface area contributed by atoms with E-state index < -0.39 is 0 Å². The molecule has 0 aromatic rings. The Morgan fingerprint density at radius 2 is 1.83 bits per heavy atom. The first-order valence-corrected chi connectivity index (χ1v) is 13.0. The second-order valence-electron chi connectivity index (χ2n) is 12.4. The molecule has 0 aromatic carbocycles. The van der Waals surface area contributed by atoms with Crippen molar-refractivity contribution >= 4 is 5.78 Å². The van der Waals surface area contributed by atoms with E-state index >= 15 is 0 Å². The number of carbonyl (C=O) groups excluding carboxylic acids is 1. The number of ether oxygens (including phenoxy) is 1. The summed E-state index contributed by atoms with van der Waals surface area (Å²) in [5.74, 6) is 5.28. The van der Waals surface area contributed by atoms with Crippen LogP contribution in [0.15, 0.2) is 11.6 Å². The number of rotatable bonds is 6. The molecule has 2 heteroatoms. The Hall–Kier alpha value is -0.630. The van der Waals surface area contributed by atoms with Gasteiger partial charge in [0.2, 0.25) is 0 Å². The van der Waals surface area contributed by atoms with Gasteiger partial charge in [-0.3, -0.25) is 4.79 Å². The number of methoxy groups -OCH3 is 1. The summed E-state index contributed by atoms with van der Waals surface area (Å²) in [7, 11) is 1.86. The molecule has 8 atom stereocenters. The van der Waals surface area contributed by atoms with Crippen molar-refractivity contribution in [1.82, 2.24) is 0 Å². The minimum atomic E-state index is 0.158. The van der Waals surface area contributed by atoms with Gasteiger partial charge < -0.3 is 4.74 Å². The van der Waals surface area contributed by atoms with Crippen LogP contribution < -0.4 is 0 Å². The minimum absolute atomic E-state index is 0.158. The molecule has 0 bridgehead atoms. The van der Waals surface area contributed by atoms with Gasteiger partial charge in [-0.25, -0.2) is 0 Å². The third-order valence-corrected chi connectivity index (χ3v) is 10.4. The van der Waals surface area contributed by atoms with Crippen LogP contribution in [0.1, 0.15) is 98.8 Å². The Balaban J connectivity index is 1.55. The summed E-state index contributed by atoms with van der Waals surface area (Å²) in [6, 6.07) is 0. The lowest BCUT2D eigenvalue weighted by Crippen LogP contribution is -2.54. The lowest BCUT2D eigenvalue weighted by molar-refractivity contribution is -0.120. The summed E-state index contributed by atoms with van der Waals surface area (Å²) in [6.45, 7) is 12.4. The van der Waals surface area contributed by atoms with Gasteiger partial charge in [0, 0.05) is 13.5 Å². The standard InChI is InChI=1S/C28H46O2/c1-18(2)8-7-9-19(3)22-10-11-23-21-17-26(30-6)25-16-20(29)12-14-28(25,5)24(21)13-15-27(22,23)4/h16,18-19,21-24,26H,7-15,17H2,1-6H3. The van der Waals surface area contributed by atoms with E-state index in [1.807, 2.05) is 13.2 Å². The first kappa shape index (κ1) is 22.6. The summed E-state index contributed by atoms with van der Waals surface area (Å²) < 4.78 is 6.03. The summed E-state index contributed by atoms with van der Waals surface area (Å²) in [4.78, 5) is 12.2. The quantitative estimate of drug-likeness (QED) is 0.458. The molecule has 170 valence electrons. The van der Waals surface area contributed by atoms with E-state index in [0.717, 1.165) is 54.8 Å². The van der Waals surface area contributed by atoms with Crippen LogP contribution in [0.4, 0.5) is 0 Å². The highest BCUT2D eigenvalue weighted by molar-refractivity contribution is 5.91. The van der Waals surface area contributed by atoms with E-state index in [1.54, 1.807) is 0 Å². The molecule has 8 unspecified atom stereocenters. The van der Waals surface area contributed by atoms with Crippen molar-refractivity contribution in [3.8, 4) is 0 Å². The maximum atomic E-state index is 12.2. The van der Waals surface area contributed by atoms with E-state index in [4.69, 9.17) is 4.74 Å². The predicted octanol–water partition coefficient (Wildman–Crippen LogP) is 7.22. The monoisotopic (exact) mass is 414 g/mol. The van der Waals surface area contributed by atoms with Crippen LogP contribution in [-0.4, -0.2) is 19.0 Å². The highest BCUT2D eigenvalue weighted by atomic mass is 16.5. The molecule has 0 heterocycles. The van der Waals surface area contributed by atoms with Crippen LogP contribution in [-0.2, 0) is 9.53 Å². The highest BCUT2D eigenvalue weighted by Crippen LogP contribution is 2.67. The third-order valence-electron chi connectivity index (χ3n) is 10.4. The zero-order valence-electron chi connectivity index (χ0n) is 20.5. The van der Waals surface area contributed by atoms with Gasteiger partial charge in [-0.05, 0) is 96.5 Å². The molecular weight excluding hydrogens is 368 g/mol. The average Bonchev–Trinajstić information content (AvgIpc) is 3.05. The van der Waals surface area contributed by atoms with Crippen LogP contribution >= 0.6 is 0 Å². The lowest BCUT2D eigenvalue weighted by atomic mass is 9.46. The molecule has 0 saturated heterocycles. The molecule has 0 spiro atoms. The van der Waals surface area contributed by atoms with Gasteiger partial charge in [0.1, 0.15) is 0 Å². The molecule has 4 aliphatic rings. The van der Waals surface area contributed by atoms with Gasteiger partial charge in [-0.1, -0.05) is 53.9 Å². The van der Waals surface area contributed by atoms with Crippen LogP contribution in [0.25, 0.3) is 0 Å². The molecule has 2 nitrogen and oxygen atoms in total. The molecule has 0 aromatic heterocycles. The Morgan fingerprint density at radius 1 is 1.07 bits per heavy atom. The topological polar surface area (TPSA) is 26.3 Å². The molecule has 0 N–H and O–H groups in total. The number of carbonyl (C=O) groups is 1. The molecular formula is C28H46O2. The third kappa shape index (κ3) is 3.63. The molecule has 3 fully saturated rings. The van der Waals surface area contributed by atoms with Crippen molar-refractivity contribution in [2.75, 3.05) is 7.11 Å². The van der Waals surface area contributed by atoms with E-state index in [0.29, 0.717) is 11.2 Å². The second-order valence-corrected chi connectivity index (χ2v) is 12.4. The Bertz CT molecular complexity index is 678.